The van der Waals surface area contributed by atoms with Crippen molar-refractivity contribution < 1.29 is 23.1 Å². The molecule has 0 fully saturated rings. The second kappa shape index (κ2) is 7.55. The summed E-state index contributed by atoms with van der Waals surface area (Å²) in [5.74, 6) is -2.00. The van der Waals surface area contributed by atoms with Crippen LogP contribution in [0.5, 0.6) is 0 Å². The third-order valence-corrected chi connectivity index (χ3v) is 4.34. The van der Waals surface area contributed by atoms with Gasteiger partial charge in [0.05, 0.1) is 0 Å². The quantitative estimate of drug-likeness (QED) is 0.811. The summed E-state index contributed by atoms with van der Waals surface area (Å²) in [6.45, 7) is 3.28. The standard InChI is InChI=1S/C17H18FNO4S/c1-11(2)16(17(20)21)19(24(22)23)15-8-6-12(7-9-15)13-4-3-5-14(18)10-13/h3-11,16H,1-2H3,(H,20,21)(H,22,23)/p-1. The molecule has 1 N–H and O–H groups in total. The van der Waals surface area contributed by atoms with E-state index >= 15 is 0 Å². The summed E-state index contributed by atoms with van der Waals surface area (Å²) in [7, 11) is 0. The molecule has 0 heterocycles. The summed E-state index contributed by atoms with van der Waals surface area (Å²) in [4.78, 5) is 11.4. The van der Waals surface area contributed by atoms with E-state index in [0.717, 1.165) is 4.31 Å². The predicted octanol–water partition coefficient (Wildman–Crippen LogP) is 3.20. The van der Waals surface area contributed by atoms with Gasteiger partial charge in [-0.1, -0.05) is 38.1 Å². The highest BCUT2D eigenvalue weighted by Gasteiger charge is 2.30. The Morgan fingerprint density at radius 1 is 1.17 bits per heavy atom. The monoisotopic (exact) mass is 350 g/mol. The van der Waals surface area contributed by atoms with Crippen molar-refractivity contribution in [3.05, 3.63) is 54.3 Å². The van der Waals surface area contributed by atoms with E-state index in [4.69, 9.17) is 0 Å². The van der Waals surface area contributed by atoms with Crippen molar-refractivity contribution in [1.29, 1.82) is 0 Å². The molecule has 0 aliphatic heterocycles. The number of carboxylic acid groups (broad SMARTS) is 1. The van der Waals surface area contributed by atoms with Crippen molar-refractivity contribution >= 4 is 22.9 Å². The number of halogens is 1. The molecule has 0 amide bonds. The first-order chi connectivity index (χ1) is 11.3. The molecular weight excluding hydrogens is 333 g/mol. The van der Waals surface area contributed by atoms with E-state index in [1.54, 1.807) is 38.1 Å². The van der Waals surface area contributed by atoms with Gasteiger partial charge in [0, 0.05) is 17.0 Å². The average Bonchev–Trinajstić information content (AvgIpc) is 2.51. The highest BCUT2D eigenvalue weighted by Crippen LogP contribution is 2.27. The Labute approximate surface area is 142 Å². The minimum atomic E-state index is -2.74. The molecule has 0 aliphatic carbocycles. The van der Waals surface area contributed by atoms with Crippen molar-refractivity contribution in [1.82, 2.24) is 0 Å². The van der Waals surface area contributed by atoms with Gasteiger partial charge in [-0.2, -0.15) is 0 Å². The van der Waals surface area contributed by atoms with Crippen LogP contribution in [0, 0.1) is 11.7 Å². The van der Waals surface area contributed by atoms with E-state index in [1.807, 2.05) is 0 Å². The zero-order valence-corrected chi connectivity index (χ0v) is 14.0. The molecule has 0 radical (unpaired) electrons. The Kier molecular flexibility index (Phi) is 5.69. The van der Waals surface area contributed by atoms with E-state index in [9.17, 15) is 23.1 Å². The van der Waals surface area contributed by atoms with Gasteiger partial charge in [0.15, 0.2) is 0 Å². The van der Waals surface area contributed by atoms with Crippen LogP contribution in [0.15, 0.2) is 48.5 Å². The normalized spacial score (nSPS) is 13.5. The molecule has 0 aromatic heterocycles. The van der Waals surface area contributed by atoms with Gasteiger partial charge in [-0.25, -0.2) is 9.18 Å². The number of benzene rings is 2. The lowest BCUT2D eigenvalue weighted by Crippen LogP contribution is -2.45. The number of nitrogens with zero attached hydrogens (tertiary/aromatic N) is 1. The Bertz CT molecular complexity index is 749. The van der Waals surface area contributed by atoms with E-state index in [-0.39, 0.29) is 11.5 Å². The van der Waals surface area contributed by atoms with Crippen LogP contribution in [0.25, 0.3) is 11.1 Å². The lowest BCUT2D eigenvalue weighted by Gasteiger charge is -2.34. The molecule has 0 spiro atoms. The van der Waals surface area contributed by atoms with E-state index in [1.165, 1.54) is 24.3 Å². The maximum absolute atomic E-state index is 13.3. The Balaban J connectivity index is 2.39. The lowest BCUT2D eigenvalue weighted by molar-refractivity contribution is -0.139. The predicted molar refractivity (Wildman–Crippen MR) is 89.5 cm³/mol. The number of aliphatic carboxylic acids is 1. The number of hydrogen-bond donors (Lipinski definition) is 1. The molecule has 0 saturated heterocycles. The number of anilines is 1. The molecule has 2 atom stereocenters. The first-order valence-corrected chi connectivity index (χ1v) is 8.32. The second-order valence-corrected chi connectivity index (χ2v) is 6.45. The van der Waals surface area contributed by atoms with Gasteiger partial charge in [-0.15, -0.1) is 0 Å². The number of rotatable bonds is 6. The summed E-state index contributed by atoms with van der Waals surface area (Å²) in [5, 5.41) is 9.33. The Morgan fingerprint density at radius 2 is 1.79 bits per heavy atom. The largest absolute Gasteiger partial charge is 0.755 e. The van der Waals surface area contributed by atoms with E-state index in [2.05, 4.69) is 0 Å². The van der Waals surface area contributed by atoms with Crippen LogP contribution in [-0.4, -0.2) is 25.9 Å². The maximum atomic E-state index is 13.3. The van der Waals surface area contributed by atoms with Crippen LogP contribution in [0.2, 0.25) is 0 Å². The first kappa shape index (κ1) is 18.1. The SMILES string of the molecule is CC(C)C(C(=O)O)N(c1ccc(-c2cccc(F)c2)cc1)S(=O)[O-]. The van der Waals surface area contributed by atoms with Crippen molar-refractivity contribution in [3.8, 4) is 11.1 Å². The molecule has 0 saturated carbocycles. The van der Waals surface area contributed by atoms with Gasteiger partial charge >= 0.3 is 5.97 Å². The topological polar surface area (TPSA) is 80.7 Å². The molecule has 0 bridgehead atoms. The number of hydrogen-bond acceptors (Lipinski definition) is 3. The molecule has 24 heavy (non-hydrogen) atoms. The highest BCUT2D eigenvalue weighted by atomic mass is 32.2. The van der Waals surface area contributed by atoms with Gasteiger partial charge in [-0.3, -0.25) is 8.51 Å². The molecule has 2 unspecified atom stereocenters. The fourth-order valence-corrected chi connectivity index (χ4v) is 3.28. The molecule has 128 valence electrons. The van der Waals surface area contributed by atoms with Gasteiger partial charge in [0.1, 0.15) is 11.9 Å². The zero-order chi connectivity index (χ0) is 17.9. The van der Waals surface area contributed by atoms with Crippen LogP contribution in [-0.2, 0) is 16.1 Å². The van der Waals surface area contributed by atoms with Crippen LogP contribution < -0.4 is 4.31 Å². The van der Waals surface area contributed by atoms with Gasteiger partial charge in [0.2, 0.25) is 0 Å². The summed E-state index contributed by atoms with van der Waals surface area (Å²) in [6, 6.07) is 11.1. The fraction of sp³-hybridized carbons (Fsp3) is 0.235. The fourth-order valence-electron chi connectivity index (χ4n) is 2.46. The second-order valence-electron chi connectivity index (χ2n) is 5.63. The Hall–Kier alpha value is -2.25. The molecule has 5 nitrogen and oxygen atoms in total. The minimum Gasteiger partial charge on any atom is -0.755 e. The maximum Gasteiger partial charge on any atom is 0.327 e. The molecule has 2 rings (SSSR count). The highest BCUT2D eigenvalue weighted by molar-refractivity contribution is 7.80. The van der Waals surface area contributed by atoms with Gasteiger partial charge in [0.25, 0.3) is 0 Å². The number of carbonyl (C=O) groups is 1. The molecular formula is C17H17FNO4S-. The third kappa shape index (κ3) is 3.98. The van der Waals surface area contributed by atoms with Crippen LogP contribution in [0.4, 0.5) is 10.1 Å². The molecule has 0 aliphatic rings. The van der Waals surface area contributed by atoms with Crippen LogP contribution >= 0.6 is 0 Å². The number of carboxylic acids is 1. The van der Waals surface area contributed by atoms with Crippen LogP contribution in [0.1, 0.15) is 13.8 Å². The lowest BCUT2D eigenvalue weighted by atomic mass is 10.0. The summed E-state index contributed by atoms with van der Waals surface area (Å²) in [5.41, 5.74) is 1.59. The third-order valence-electron chi connectivity index (χ3n) is 3.58. The smallest absolute Gasteiger partial charge is 0.327 e. The van der Waals surface area contributed by atoms with E-state index in [0.29, 0.717) is 11.1 Å². The first-order valence-electron chi connectivity index (χ1n) is 7.28. The summed E-state index contributed by atoms with van der Waals surface area (Å²) < 4.78 is 37.3. The Morgan fingerprint density at radius 3 is 2.25 bits per heavy atom. The zero-order valence-electron chi connectivity index (χ0n) is 13.2. The molecule has 2 aromatic carbocycles. The van der Waals surface area contributed by atoms with Crippen LogP contribution in [0.3, 0.4) is 0 Å². The van der Waals surface area contributed by atoms with Crippen molar-refractivity contribution in [2.75, 3.05) is 4.31 Å². The summed E-state index contributed by atoms with van der Waals surface area (Å²) in [6.07, 6.45) is 0. The van der Waals surface area contributed by atoms with Crippen molar-refractivity contribution in [2.45, 2.75) is 19.9 Å². The molecule has 7 heteroatoms. The van der Waals surface area contributed by atoms with Gasteiger partial charge in [-0.05, 0) is 41.3 Å². The minimum absolute atomic E-state index is 0.240. The molecule has 2 aromatic rings. The average molecular weight is 350 g/mol. The van der Waals surface area contributed by atoms with Crippen molar-refractivity contribution in [2.24, 2.45) is 5.92 Å². The van der Waals surface area contributed by atoms with Crippen molar-refractivity contribution in [3.63, 3.8) is 0 Å². The summed E-state index contributed by atoms with van der Waals surface area (Å²) >= 11 is -2.74. The van der Waals surface area contributed by atoms with Gasteiger partial charge < -0.3 is 9.66 Å². The van der Waals surface area contributed by atoms with E-state index < -0.39 is 29.2 Å².